The molecule has 3 nitrogen and oxygen atoms in total. The molecule has 3 rings (SSSR count). The molecule has 0 radical (unpaired) electrons. The van der Waals surface area contributed by atoms with Crippen LogP contribution in [0.15, 0.2) is 48.5 Å². The normalized spacial score (nSPS) is 18.6. The summed E-state index contributed by atoms with van der Waals surface area (Å²) in [6, 6.07) is 16.0. The van der Waals surface area contributed by atoms with Crippen molar-refractivity contribution in [3.05, 3.63) is 70.8 Å². The molecule has 1 aliphatic rings. The maximum Gasteiger partial charge on any atom is 0.248 e. The standard InChI is InChI=1S/C17H17NO2/c1-11-13(8-5-9-14(11)17(18)19)16(15-10-20-15)12-6-3-2-4-7-12/h2-9,15-16H,10H2,1H3,(H2,18,19). The fourth-order valence-corrected chi connectivity index (χ4v) is 2.76. The number of ether oxygens (including phenoxy) is 1. The van der Waals surface area contributed by atoms with Crippen LogP contribution < -0.4 is 5.73 Å². The van der Waals surface area contributed by atoms with Gasteiger partial charge in [0.25, 0.3) is 0 Å². The minimum Gasteiger partial charge on any atom is -0.372 e. The van der Waals surface area contributed by atoms with Crippen molar-refractivity contribution < 1.29 is 9.53 Å². The Hall–Kier alpha value is -2.13. The van der Waals surface area contributed by atoms with Crippen LogP contribution in [0.5, 0.6) is 0 Å². The highest BCUT2D eigenvalue weighted by molar-refractivity contribution is 5.94. The highest BCUT2D eigenvalue weighted by Crippen LogP contribution is 2.37. The zero-order valence-corrected chi connectivity index (χ0v) is 11.4. The van der Waals surface area contributed by atoms with Crippen LogP contribution >= 0.6 is 0 Å². The van der Waals surface area contributed by atoms with Crippen molar-refractivity contribution in [1.82, 2.24) is 0 Å². The zero-order valence-electron chi connectivity index (χ0n) is 11.4. The number of carbonyl (C=O) groups is 1. The molecule has 0 aliphatic carbocycles. The van der Waals surface area contributed by atoms with E-state index in [1.165, 1.54) is 5.56 Å². The Balaban J connectivity index is 2.09. The third kappa shape index (κ3) is 2.32. The van der Waals surface area contributed by atoms with Crippen LogP contribution in [0, 0.1) is 6.92 Å². The first-order valence-corrected chi connectivity index (χ1v) is 6.74. The molecule has 2 aromatic carbocycles. The molecule has 2 N–H and O–H groups in total. The van der Waals surface area contributed by atoms with Gasteiger partial charge in [0.1, 0.15) is 0 Å². The fourth-order valence-electron chi connectivity index (χ4n) is 2.76. The number of rotatable bonds is 4. The monoisotopic (exact) mass is 267 g/mol. The first-order chi connectivity index (χ1) is 9.68. The predicted molar refractivity (Wildman–Crippen MR) is 77.7 cm³/mol. The number of hydrogen-bond donors (Lipinski definition) is 1. The lowest BCUT2D eigenvalue weighted by Gasteiger charge is -2.19. The average molecular weight is 267 g/mol. The summed E-state index contributed by atoms with van der Waals surface area (Å²) in [5.74, 6) is -0.219. The maximum absolute atomic E-state index is 11.5. The lowest BCUT2D eigenvalue weighted by molar-refractivity contribution is 0.0999. The van der Waals surface area contributed by atoms with Crippen molar-refractivity contribution in [1.29, 1.82) is 0 Å². The second-order valence-electron chi connectivity index (χ2n) is 5.14. The molecule has 2 aromatic rings. The smallest absolute Gasteiger partial charge is 0.248 e. The molecule has 0 spiro atoms. The summed E-state index contributed by atoms with van der Waals surface area (Å²) in [7, 11) is 0. The van der Waals surface area contributed by atoms with E-state index in [1.807, 2.05) is 31.2 Å². The summed E-state index contributed by atoms with van der Waals surface area (Å²) >= 11 is 0. The van der Waals surface area contributed by atoms with E-state index >= 15 is 0 Å². The Morgan fingerprint density at radius 3 is 2.50 bits per heavy atom. The SMILES string of the molecule is Cc1c(C(N)=O)cccc1C(c1ccccc1)C1CO1. The van der Waals surface area contributed by atoms with E-state index in [4.69, 9.17) is 10.5 Å². The molecule has 0 aromatic heterocycles. The molecular weight excluding hydrogens is 250 g/mol. The number of amides is 1. The Morgan fingerprint density at radius 1 is 1.20 bits per heavy atom. The fraction of sp³-hybridized carbons (Fsp3) is 0.235. The molecule has 1 heterocycles. The Labute approximate surface area is 118 Å². The molecule has 1 saturated heterocycles. The maximum atomic E-state index is 11.5. The van der Waals surface area contributed by atoms with Gasteiger partial charge < -0.3 is 10.5 Å². The first kappa shape index (κ1) is 12.9. The van der Waals surface area contributed by atoms with Crippen LogP contribution in [-0.4, -0.2) is 18.6 Å². The zero-order chi connectivity index (χ0) is 14.1. The highest BCUT2D eigenvalue weighted by Gasteiger charge is 2.36. The van der Waals surface area contributed by atoms with Crippen LogP contribution in [0.3, 0.4) is 0 Å². The molecule has 2 atom stereocenters. The minimum absolute atomic E-state index is 0.162. The van der Waals surface area contributed by atoms with E-state index in [9.17, 15) is 4.79 Å². The van der Waals surface area contributed by atoms with E-state index in [-0.39, 0.29) is 17.9 Å². The largest absolute Gasteiger partial charge is 0.372 e. The number of benzene rings is 2. The van der Waals surface area contributed by atoms with Gasteiger partial charge in [0.2, 0.25) is 5.91 Å². The van der Waals surface area contributed by atoms with Gasteiger partial charge in [-0.2, -0.15) is 0 Å². The minimum atomic E-state index is -0.382. The van der Waals surface area contributed by atoms with Gasteiger partial charge in [0.05, 0.1) is 12.7 Å². The van der Waals surface area contributed by atoms with Gasteiger partial charge in [0.15, 0.2) is 0 Å². The lowest BCUT2D eigenvalue weighted by Crippen LogP contribution is -2.16. The number of primary amides is 1. The van der Waals surface area contributed by atoms with Gasteiger partial charge in [-0.15, -0.1) is 0 Å². The number of nitrogens with two attached hydrogens (primary N) is 1. The highest BCUT2D eigenvalue weighted by atomic mass is 16.6. The van der Waals surface area contributed by atoms with Crippen LogP contribution in [0.1, 0.15) is 33.0 Å². The molecule has 102 valence electrons. The summed E-state index contributed by atoms with van der Waals surface area (Å²) in [5.41, 5.74) is 9.31. The van der Waals surface area contributed by atoms with Gasteiger partial charge in [0, 0.05) is 11.5 Å². The summed E-state index contributed by atoms with van der Waals surface area (Å²) in [6.45, 7) is 2.72. The van der Waals surface area contributed by atoms with Gasteiger partial charge in [-0.3, -0.25) is 4.79 Å². The van der Waals surface area contributed by atoms with Crippen molar-refractivity contribution in [3.8, 4) is 0 Å². The second-order valence-corrected chi connectivity index (χ2v) is 5.14. The number of hydrogen-bond acceptors (Lipinski definition) is 2. The summed E-state index contributed by atoms with van der Waals surface area (Å²) in [4.78, 5) is 11.5. The molecule has 0 saturated carbocycles. The Kier molecular flexibility index (Phi) is 3.28. The van der Waals surface area contributed by atoms with Crippen molar-refractivity contribution in [3.63, 3.8) is 0 Å². The van der Waals surface area contributed by atoms with Crippen molar-refractivity contribution in [2.45, 2.75) is 18.9 Å². The van der Waals surface area contributed by atoms with E-state index in [2.05, 4.69) is 18.2 Å². The van der Waals surface area contributed by atoms with Crippen molar-refractivity contribution in [2.75, 3.05) is 6.61 Å². The molecule has 3 heteroatoms. The van der Waals surface area contributed by atoms with Crippen LogP contribution in [-0.2, 0) is 4.74 Å². The molecule has 2 unspecified atom stereocenters. The molecule has 1 aliphatic heterocycles. The van der Waals surface area contributed by atoms with Crippen LogP contribution in [0.2, 0.25) is 0 Å². The lowest BCUT2D eigenvalue weighted by atomic mass is 9.84. The van der Waals surface area contributed by atoms with E-state index in [1.54, 1.807) is 6.07 Å². The molecular formula is C17H17NO2. The summed E-state index contributed by atoms with van der Waals surface area (Å²) in [6.07, 6.45) is 0.194. The second kappa shape index (κ2) is 5.10. The average Bonchev–Trinajstić information content (AvgIpc) is 3.26. The number of epoxide rings is 1. The van der Waals surface area contributed by atoms with Crippen LogP contribution in [0.25, 0.3) is 0 Å². The van der Waals surface area contributed by atoms with E-state index < -0.39 is 0 Å². The predicted octanol–water partition coefficient (Wildman–Crippen LogP) is 2.62. The van der Waals surface area contributed by atoms with Crippen molar-refractivity contribution in [2.24, 2.45) is 5.73 Å². The van der Waals surface area contributed by atoms with Gasteiger partial charge in [-0.25, -0.2) is 0 Å². The summed E-state index contributed by atoms with van der Waals surface area (Å²) < 4.78 is 5.52. The van der Waals surface area contributed by atoms with E-state index in [0.29, 0.717) is 5.56 Å². The van der Waals surface area contributed by atoms with Crippen LogP contribution in [0.4, 0.5) is 0 Å². The topological polar surface area (TPSA) is 55.6 Å². The van der Waals surface area contributed by atoms with Crippen molar-refractivity contribution >= 4 is 5.91 Å². The quantitative estimate of drug-likeness (QED) is 0.866. The third-order valence-corrected chi connectivity index (χ3v) is 3.87. The summed E-state index contributed by atoms with van der Waals surface area (Å²) in [5, 5.41) is 0. The Bertz CT molecular complexity index is 633. The molecule has 1 amide bonds. The number of carbonyl (C=O) groups excluding carboxylic acids is 1. The third-order valence-electron chi connectivity index (χ3n) is 3.87. The molecule has 1 fully saturated rings. The van der Waals surface area contributed by atoms with Gasteiger partial charge >= 0.3 is 0 Å². The van der Waals surface area contributed by atoms with Gasteiger partial charge in [-0.05, 0) is 29.7 Å². The first-order valence-electron chi connectivity index (χ1n) is 6.74. The molecule has 0 bridgehead atoms. The molecule has 20 heavy (non-hydrogen) atoms. The van der Waals surface area contributed by atoms with E-state index in [0.717, 1.165) is 17.7 Å². The van der Waals surface area contributed by atoms with Gasteiger partial charge in [-0.1, -0.05) is 42.5 Å². The Morgan fingerprint density at radius 2 is 1.90 bits per heavy atom.